The van der Waals surface area contributed by atoms with Crippen molar-refractivity contribution in [1.29, 1.82) is 0 Å². The molecule has 20 heavy (non-hydrogen) atoms. The summed E-state index contributed by atoms with van der Waals surface area (Å²) >= 11 is 0. The van der Waals surface area contributed by atoms with Gasteiger partial charge in [0.1, 0.15) is 18.2 Å². The Bertz CT molecular complexity index is 594. The number of nitrogens with two attached hydrogens (primary N) is 1. The van der Waals surface area contributed by atoms with Crippen molar-refractivity contribution in [3.8, 4) is 5.75 Å². The molecule has 1 aliphatic rings. The molecule has 0 bridgehead atoms. The Morgan fingerprint density at radius 3 is 2.75 bits per heavy atom. The summed E-state index contributed by atoms with van der Waals surface area (Å²) in [7, 11) is 0. The van der Waals surface area contributed by atoms with E-state index in [1.807, 2.05) is 12.1 Å². The molecule has 2 nitrogen and oxygen atoms in total. The Morgan fingerprint density at radius 1 is 1.15 bits per heavy atom. The molecule has 3 rings (SSSR count). The molecule has 0 aromatic heterocycles. The molecule has 1 atom stereocenters. The topological polar surface area (TPSA) is 35.2 Å². The zero-order valence-electron chi connectivity index (χ0n) is 11.3. The molecule has 104 valence electrons. The van der Waals surface area contributed by atoms with E-state index in [-0.39, 0.29) is 11.9 Å². The Kier molecular flexibility index (Phi) is 3.70. The zero-order chi connectivity index (χ0) is 13.9. The third-order valence-electron chi connectivity index (χ3n) is 3.80. The lowest BCUT2D eigenvalue weighted by atomic mass is 9.88. The molecule has 0 unspecified atom stereocenters. The van der Waals surface area contributed by atoms with E-state index in [1.165, 1.54) is 23.3 Å². The fraction of sp³-hybridized carbons (Fsp3) is 0.294. The largest absolute Gasteiger partial charge is 0.489 e. The quantitative estimate of drug-likeness (QED) is 0.923. The van der Waals surface area contributed by atoms with Gasteiger partial charge in [0.15, 0.2) is 0 Å². The van der Waals surface area contributed by atoms with Gasteiger partial charge in [-0.1, -0.05) is 18.2 Å². The van der Waals surface area contributed by atoms with Crippen LogP contribution in [-0.4, -0.2) is 0 Å². The molecule has 0 saturated carbocycles. The van der Waals surface area contributed by atoms with E-state index in [2.05, 4.69) is 6.07 Å². The highest BCUT2D eigenvalue weighted by Crippen LogP contribution is 2.31. The summed E-state index contributed by atoms with van der Waals surface area (Å²) in [6.45, 7) is 0.439. The van der Waals surface area contributed by atoms with Gasteiger partial charge >= 0.3 is 0 Å². The van der Waals surface area contributed by atoms with Gasteiger partial charge in [-0.3, -0.25) is 0 Å². The van der Waals surface area contributed by atoms with Crippen LogP contribution in [0.5, 0.6) is 5.75 Å². The Hall–Kier alpha value is -1.87. The standard InChI is InChI=1S/C17H18FNO/c18-14-7-4-12(5-8-14)11-20-15-9-6-13-2-1-3-17(19)16(13)10-15/h4-10,17H,1-3,11,19H2/t17-/m1/s1. The molecule has 2 N–H and O–H groups in total. The van der Waals surface area contributed by atoms with E-state index in [9.17, 15) is 4.39 Å². The minimum absolute atomic E-state index is 0.119. The SMILES string of the molecule is N[C@@H]1CCCc2ccc(OCc3ccc(F)cc3)cc21. The molecular weight excluding hydrogens is 253 g/mol. The third kappa shape index (κ3) is 2.83. The molecule has 0 saturated heterocycles. The fourth-order valence-electron chi connectivity index (χ4n) is 2.65. The van der Waals surface area contributed by atoms with Crippen LogP contribution < -0.4 is 10.5 Å². The summed E-state index contributed by atoms with van der Waals surface area (Å²) in [6, 6.07) is 12.6. The second kappa shape index (κ2) is 5.63. The van der Waals surface area contributed by atoms with E-state index >= 15 is 0 Å². The van der Waals surface area contributed by atoms with Gasteiger partial charge in [-0.25, -0.2) is 4.39 Å². The van der Waals surface area contributed by atoms with Crippen molar-refractivity contribution >= 4 is 0 Å². The first-order valence-corrected chi connectivity index (χ1v) is 6.98. The summed E-state index contributed by atoms with van der Waals surface area (Å²) < 4.78 is 18.6. The van der Waals surface area contributed by atoms with Crippen LogP contribution in [0.2, 0.25) is 0 Å². The minimum Gasteiger partial charge on any atom is -0.489 e. The molecule has 0 radical (unpaired) electrons. The second-order valence-electron chi connectivity index (χ2n) is 5.27. The van der Waals surface area contributed by atoms with Gasteiger partial charge < -0.3 is 10.5 Å². The highest BCUT2D eigenvalue weighted by Gasteiger charge is 2.17. The van der Waals surface area contributed by atoms with Crippen LogP contribution in [0, 0.1) is 5.82 Å². The van der Waals surface area contributed by atoms with Crippen molar-refractivity contribution in [3.63, 3.8) is 0 Å². The number of aryl methyl sites for hydroxylation is 1. The smallest absolute Gasteiger partial charge is 0.123 e. The average Bonchev–Trinajstić information content (AvgIpc) is 2.47. The van der Waals surface area contributed by atoms with E-state index in [1.54, 1.807) is 12.1 Å². The number of ether oxygens (including phenoxy) is 1. The molecule has 0 amide bonds. The lowest BCUT2D eigenvalue weighted by molar-refractivity contribution is 0.305. The van der Waals surface area contributed by atoms with Gasteiger partial charge in [0.25, 0.3) is 0 Å². The Labute approximate surface area is 118 Å². The van der Waals surface area contributed by atoms with Crippen LogP contribution in [0.25, 0.3) is 0 Å². The molecule has 0 heterocycles. The average molecular weight is 271 g/mol. The van der Waals surface area contributed by atoms with Gasteiger partial charge in [-0.15, -0.1) is 0 Å². The lowest BCUT2D eigenvalue weighted by Gasteiger charge is -2.22. The van der Waals surface area contributed by atoms with E-state index in [0.29, 0.717) is 6.61 Å². The number of halogens is 1. The van der Waals surface area contributed by atoms with Crippen LogP contribution in [0.3, 0.4) is 0 Å². The first kappa shape index (κ1) is 13.1. The van der Waals surface area contributed by atoms with Gasteiger partial charge in [0, 0.05) is 6.04 Å². The van der Waals surface area contributed by atoms with Crippen LogP contribution in [0.15, 0.2) is 42.5 Å². The summed E-state index contributed by atoms with van der Waals surface area (Å²) in [5.41, 5.74) is 9.63. The van der Waals surface area contributed by atoms with E-state index < -0.39 is 0 Å². The molecule has 2 aromatic carbocycles. The van der Waals surface area contributed by atoms with Crippen molar-refractivity contribution < 1.29 is 9.13 Å². The van der Waals surface area contributed by atoms with Crippen molar-refractivity contribution in [2.45, 2.75) is 31.9 Å². The minimum atomic E-state index is -0.228. The summed E-state index contributed by atoms with van der Waals surface area (Å²) in [4.78, 5) is 0. The Morgan fingerprint density at radius 2 is 1.95 bits per heavy atom. The molecule has 1 aliphatic carbocycles. The predicted octanol–water partition coefficient (Wildman–Crippen LogP) is 3.74. The second-order valence-corrected chi connectivity index (χ2v) is 5.27. The van der Waals surface area contributed by atoms with Crippen LogP contribution in [-0.2, 0) is 13.0 Å². The summed E-state index contributed by atoms with van der Waals surface area (Å²) in [6.07, 6.45) is 3.29. The molecular formula is C17H18FNO. The molecule has 3 heteroatoms. The van der Waals surface area contributed by atoms with Crippen molar-refractivity contribution in [2.24, 2.45) is 5.73 Å². The van der Waals surface area contributed by atoms with Gasteiger partial charge in [0.2, 0.25) is 0 Å². The van der Waals surface area contributed by atoms with Crippen LogP contribution >= 0.6 is 0 Å². The predicted molar refractivity (Wildman–Crippen MR) is 77.0 cm³/mol. The Balaban J connectivity index is 1.72. The maximum atomic E-state index is 12.8. The molecule has 2 aromatic rings. The van der Waals surface area contributed by atoms with Crippen molar-refractivity contribution in [2.75, 3.05) is 0 Å². The van der Waals surface area contributed by atoms with Gasteiger partial charge in [-0.2, -0.15) is 0 Å². The zero-order valence-corrected chi connectivity index (χ0v) is 11.3. The number of hydrogen-bond acceptors (Lipinski definition) is 2. The first-order valence-electron chi connectivity index (χ1n) is 6.98. The number of rotatable bonds is 3. The summed E-state index contributed by atoms with van der Waals surface area (Å²) in [5.74, 6) is 0.596. The first-order chi connectivity index (χ1) is 9.72. The molecule has 0 spiro atoms. The van der Waals surface area contributed by atoms with Gasteiger partial charge in [-0.05, 0) is 60.2 Å². The van der Waals surface area contributed by atoms with Crippen LogP contribution in [0.4, 0.5) is 4.39 Å². The highest BCUT2D eigenvalue weighted by atomic mass is 19.1. The van der Waals surface area contributed by atoms with E-state index in [4.69, 9.17) is 10.5 Å². The maximum absolute atomic E-state index is 12.8. The normalized spacial score (nSPS) is 17.6. The fourth-order valence-corrected chi connectivity index (χ4v) is 2.65. The third-order valence-corrected chi connectivity index (χ3v) is 3.80. The van der Waals surface area contributed by atoms with Gasteiger partial charge in [0.05, 0.1) is 0 Å². The molecule has 0 fully saturated rings. The summed E-state index contributed by atoms with van der Waals surface area (Å²) in [5, 5.41) is 0. The monoisotopic (exact) mass is 271 g/mol. The van der Waals surface area contributed by atoms with Crippen LogP contribution in [0.1, 0.15) is 35.6 Å². The van der Waals surface area contributed by atoms with Crippen molar-refractivity contribution in [1.82, 2.24) is 0 Å². The maximum Gasteiger partial charge on any atom is 0.123 e. The van der Waals surface area contributed by atoms with Crippen molar-refractivity contribution in [3.05, 3.63) is 65.0 Å². The molecule has 0 aliphatic heterocycles. The number of fused-ring (bicyclic) bond motifs is 1. The number of hydrogen-bond donors (Lipinski definition) is 1. The lowest BCUT2D eigenvalue weighted by Crippen LogP contribution is -2.17. The number of benzene rings is 2. The van der Waals surface area contributed by atoms with E-state index in [0.717, 1.165) is 30.6 Å². The highest BCUT2D eigenvalue weighted by molar-refractivity contribution is 5.39.